The molecule has 0 aliphatic heterocycles. The van der Waals surface area contributed by atoms with Crippen LogP contribution in [0.5, 0.6) is 5.75 Å². The lowest BCUT2D eigenvalue weighted by molar-refractivity contribution is -0.686. The Bertz CT molecular complexity index is 829. The summed E-state index contributed by atoms with van der Waals surface area (Å²) in [6, 6.07) is 17.0. The first kappa shape index (κ1) is 16.3. The normalized spacial score (nSPS) is 10.4. The average Bonchev–Trinajstić information content (AvgIpc) is 2.63. The van der Waals surface area contributed by atoms with E-state index in [1.165, 1.54) is 0 Å². The molecule has 0 saturated heterocycles. The highest BCUT2D eigenvalue weighted by Crippen LogP contribution is 2.18. The van der Waals surface area contributed by atoms with Gasteiger partial charge in [-0.15, -0.1) is 0 Å². The number of carbonyl (C=O) groups is 1. The van der Waals surface area contributed by atoms with E-state index in [2.05, 4.69) is 20.9 Å². The maximum Gasteiger partial charge on any atom is 0.287 e. The number of rotatable bonds is 5. The summed E-state index contributed by atoms with van der Waals surface area (Å²) in [7, 11) is 1.60. The molecule has 0 bridgehead atoms. The van der Waals surface area contributed by atoms with E-state index >= 15 is 0 Å². The van der Waals surface area contributed by atoms with Crippen LogP contribution in [0.4, 0.5) is 0 Å². The van der Waals surface area contributed by atoms with Gasteiger partial charge in [0.2, 0.25) is 5.78 Å². The van der Waals surface area contributed by atoms with Gasteiger partial charge >= 0.3 is 0 Å². The molecular weight excluding hydrogens is 368 g/mol. The van der Waals surface area contributed by atoms with Gasteiger partial charge in [-0.1, -0.05) is 15.9 Å². The van der Waals surface area contributed by atoms with E-state index in [0.717, 1.165) is 21.5 Å². The fourth-order valence-corrected chi connectivity index (χ4v) is 2.57. The minimum Gasteiger partial charge on any atom is -0.497 e. The zero-order valence-electron chi connectivity index (χ0n) is 13.1. The predicted octanol–water partition coefficient (Wildman–Crippen LogP) is 3.69. The van der Waals surface area contributed by atoms with Gasteiger partial charge in [0.25, 0.3) is 6.33 Å². The molecule has 1 heterocycles. The molecule has 0 aliphatic rings. The molecule has 0 radical (unpaired) electrons. The summed E-state index contributed by atoms with van der Waals surface area (Å²) in [4.78, 5) is 16.7. The lowest BCUT2D eigenvalue weighted by atomic mass is 10.1. The quantitative estimate of drug-likeness (QED) is 0.498. The Balaban J connectivity index is 1.71. The lowest BCUT2D eigenvalue weighted by Crippen LogP contribution is -2.37. The molecule has 0 unspecified atom stereocenters. The second-order valence-corrected chi connectivity index (χ2v) is 6.19. The molecule has 120 valence electrons. The number of benzene rings is 2. The first-order valence-electron chi connectivity index (χ1n) is 7.44. The molecule has 3 aromatic rings. The Kier molecular flexibility index (Phi) is 5.01. The monoisotopic (exact) mass is 383 g/mol. The number of halogens is 1. The number of carbonyl (C=O) groups excluding carboxylic acids is 1. The van der Waals surface area contributed by atoms with Crippen molar-refractivity contribution in [2.75, 3.05) is 7.11 Å². The van der Waals surface area contributed by atoms with Crippen LogP contribution >= 0.6 is 15.9 Å². The average molecular weight is 384 g/mol. The molecule has 5 heteroatoms. The van der Waals surface area contributed by atoms with Crippen molar-refractivity contribution in [3.05, 3.63) is 77.2 Å². The Labute approximate surface area is 148 Å². The minimum atomic E-state index is 0.0286. The molecule has 1 aromatic heterocycles. The van der Waals surface area contributed by atoms with E-state index in [1.54, 1.807) is 42.3 Å². The third-order valence-electron chi connectivity index (χ3n) is 3.65. The van der Waals surface area contributed by atoms with Crippen LogP contribution in [0.25, 0.3) is 11.3 Å². The Morgan fingerprint density at radius 1 is 1.08 bits per heavy atom. The van der Waals surface area contributed by atoms with Crippen LogP contribution < -0.4 is 9.30 Å². The highest BCUT2D eigenvalue weighted by molar-refractivity contribution is 9.10. The predicted molar refractivity (Wildman–Crippen MR) is 94.9 cm³/mol. The molecule has 0 atom stereocenters. The number of hydrogen-bond donors (Lipinski definition) is 0. The van der Waals surface area contributed by atoms with Gasteiger partial charge in [0.05, 0.1) is 13.3 Å². The third kappa shape index (κ3) is 3.86. The van der Waals surface area contributed by atoms with Crippen LogP contribution in [0.3, 0.4) is 0 Å². The number of ketones is 1. The zero-order chi connectivity index (χ0) is 16.9. The van der Waals surface area contributed by atoms with Gasteiger partial charge in [-0.2, -0.15) is 0 Å². The van der Waals surface area contributed by atoms with E-state index in [1.807, 2.05) is 36.5 Å². The second kappa shape index (κ2) is 7.36. The van der Waals surface area contributed by atoms with Crippen molar-refractivity contribution >= 4 is 21.7 Å². The Morgan fingerprint density at radius 2 is 1.79 bits per heavy atom. The summed E-state index contributed by atoms with van der Waals surface area (Å²) < 4.78 is 7.90. The van der Waals surface area contributed by atoms with Crippen molar-refractivity contribution in [3.63, 3.8) is 0 Å². The van der Waals surface area contributed by atoms with Crippen molar-refractivity contribution in [2.24, 2.45) is 0 Å². The first-order valence-corrected chi connectivity index (χ1v) is 8.23. The number of nitrogens with zero attached hydrogens (tertiary/aromatic N) is 2. The largest absolute Gasteiger partial charge is 0.497 e. The summed E-state index contributed by atoms with van der Waals surface area (Å²) in [6.45, 7) is 0.250. The number of ether oxygens (including phenoxy) is 1. The number of aromatic nitrogens is 2. The molecule has 0 aliphatic carbocycles. The fourth-order valence-electron chi connectivity index (χ4n) is 2.30. The topological polar surface area (TPSA) is 43.1 Å². The summed E-state index contributed by atoms with van der Waals surface area (Å²) >= 11 is 3.42. The van der Waals surface area contributed by atoms with Crippen LogP contribution in [0, 0.1) is 0 Å². The molecule has 0 N–H and O–H groups in total. The number of methoxy groups -OCH3 is 1. The molecule has 0 fully saturated rings. The lowest BCUT2D eigenvalue weighted by Gasteiger charge is -2.03. The minimum absolute atomic E-state index is 0.0286. The van der Waals surface area contributed by atoms with Crippen LogP contribution in [0.1, 0.15) is 10.4 Å². The second-order valence-electron chi connectivity index (χ2n) is 5.28. The van der Waals surface area contributed by atoms with Gasteiger partial charge in [-0.3, -0.25) is 4.79 Å². The SMILES string of the molecule is COc1ccc(C(=O)C[n+]2ccc(-c3ccc(Br)cc3)nc2)cc1. The molecule has 2 aromatic carbocycles. The molecule has 4 nitrogen and oxygen atoms in total. The maximum atomic E-state index is 12.3. The van der Waals surface area contributed by atoms with Crippen molar-refractivity contribution in [3.8, 4) is 17.0 Å². The number of Topliss-reactive ketones (excluding diaryl/α,β-unsaturated/α-hetero) is 1. The van der Waals surface area contributed by atoms with Gasteiger partial charge in [-0.05, 0) is 53.5 Å². The van der Waals surface area contributed by atoms with E-state index < -0.39 is 0 Å². The van der Waals surface area contributed by atoms with Crippen LogP contribution in [0.2, 0.25) is 0 Å². The summed E-state index contributed by atoms with van der Waals surface area (Å²) in [5.74, 6) is 0.764. The van der Waals surface area contributed by atoms with Gasteiger partial charge in [0.15, 0.2) is 12.2 Å². The van der Waals surface area contributed by atoms with Gasteiger partial charge in [0.1, 0.15) is 5.75 Å². The molecular formula is C19H16BrN2O2+. The van der Waals surface area contributed by atoms with Crippen LogP contribution in [0.15, 0.2) is 71.6 Å². The van der Waals surface area contributed by atoms with E-state index in [4.69, 9.17) is 4.74 Å². The molecule has 0 saturated carbocycles. The van der Waals surface area contributed by atoms with Crippen molar-refractivity contribution in [1.29, 1.82) is 0 Å². The highest BCUT2D eigenvalue weighted by Gasteiger charge is 2.12. The van der Waals surface area contributed by atoms with E-state index in [-0.39, 0.29) is 12.3 Å². The summed E-state index contributed by atoms with van der Waals surface area (Å²) in [5, 5.41) is 0. The summed E-state index contributed by atoms with van der Waals surface area (Å²) in [5.41, 5.74) is 2.56. The highest BCUT2D eigenvalue weighted by atomic mass is 79.9. The Hall–Kier alpha value is -2.53. The Morgan fingerprint density at radius 3 is 2.38 bits per heavy atom. The maximum absolute atomic E-state index is 12.3. The van der Waals surface area contributed by atoms with E-state index in [0.29, 0.717) is 5.56 Å². The van der Waals surface area contributed by atoms with Crippen LogP contribution in [-0.4, -0.2) is 17.9 Å². The van der Waals surface area contributed by atoms with Crippen molar-refractivity contribution in [1.82, 2.24) is 4.98 Å². The molecule has 0 amide bonds. The van der Waals surface area contributed by atoms with Gasteiger partial charge in [-0.25, -0.2) is 4.57 Å². The third-order valence-corrected chi connectivity index (χ3v) is 4.18. The first-order chi connectivity index (χ1) is 11.7. The molecule has 3 rings (SSSR count). The number of hydrogen-bond acceptors (Lipinski definition) is 3. The van der Waals surface area contributed by atoms with Gasteiger partial charge < -0.3 is 4.74 Å². The standard InChI is InChI=1S/C19H16BrN2O2/c1-24-17-8-4-15(5-9-17)19(23)12-22-11-10-18(21-13-22)14-2-6-16(20)7-3-14/h2-11,13H,12H2,1H3/q+1. The van der Waals surface area contributed by atoms with E-state index in [9.17, 15) is 4.79 Å². The zero-order valence-corrected chi connectivity index (χ0v) is 14.7. The summed E-state index contributed by atoms with van der Waals surface area (Å²) in [6.07, 6.45) is 3.55. The molecule has 0 spiro atoms. The van der Waals surface area contributed by atoms with Crippen molar-refractivity contribution in [2.45, 2.75) is 6.54 Å². The fraction of sp³-hybridized carbons (Fsp3) is 0.105. The van der Waals surface area contributed by atoms with Crippen LogP contribution in [-0.2, 0) is 6.54 Å². The van der Waals surface area contributed by atoms with Crippen molar-refractivity contribution < 1.29 is 14.1 Å². The smallest absolute Gasteiger partial charge is 0.287 e. The molecule has 24 heavy (non-hydrogen) atoms. The van der Waals surface area contributed by atoms with Gasteiger partial charge in [0, 0.05) is 21.7 Å².